The average Bonchev–Trinajstić information content (AvgIpc) is 2.33. The van der Waals surface area contributed by atoms with Gasteiger partial charge in [0.1, 0.15) is 0 Å². The molecule has 0 N–H and O–H groups in total. The fourth-order valence-corrected chi connectivity index (χ4v) is 1.07. The third kappa shape index (κ3) is 0.653. The van der Waals surface area contributed by atoms with Crippen molar-refractivity contribution in [2.75, 3.05) is 0 Å². The normalized spacial score (nSPS) is 28.4. The Bertz CT molecular complexity index is 231. The Morgan fingerprint density at radius 2 is 2.11 bits per heavy atom. The van der Waals surface area contributed by atoms with E-state index in [-0.39, 0.29) is 0 Å². The number of fused-ring (bicyclic) bond motifs is 1. The summed E-state index contributed by atoms with van der Waals surface area (Å²) in [6, 6.07) is 0. The first-order valence-corrected chi connectivity index (χ1v) is 3.06. The second kappa shape index (κ2) is 1.69. The van der Waals surface area contributed by atoms with Gasteiger partial charge in [-0.2, -0.15) is 0 Å². The summed E-state index contributed by atoms with van der Waals surface area (Å²) in [6.45, 7) is 0. The number of hydrogen-bond acceptors (Lipinski definition) is 1. The van der Waals surface area contributed by atoms with E-state index in [4.69, 9.17) is 0 Å². The first-order valence-electron chi connectivity index (χ1n) is 3.06. The second-order valence-corrected chi connectivity index (χ2v) is 2.17. The van der Waals surface area contributed by atoms with E-state index in [0.29, 0.717) is 5.92 Å². The molecule has 1 aliphatic carbocycles. The molecule has 0 aromatic heterocycles. The molecule has 2 rings (SSSR count). The molecule has 0 aromatic rings. The number of rotatable bonds is 0. The van der Waals surface area contributed by atoms with Crippen LogP contribution in [0.1, 0.15) is 0 Å². The van der Waals surface area contributed by atoms with Gasteiger partial charge in [0.15, 0.2) is 0 Å². The van der Waals surface area contributed by atoms with Crippen molar-refractivity contribution in [3.63, 3.8) is 0 Å². The minimum atomic E-state index is 0.468. The van der Waals surface area contributed by atoms with Crippen LogP contribution in [-0.2, 0) is 0 Å². The largest absolute Gasteiger partial charge is 0.260 e. The van der Waals surface area contributed by atoms with E-state index in [1.807, 2.05) is 24.4 Å². The van der Waals surface area contributed by atoms with Gasteiger partial charge in [-0.05, 0) is 12.2 Å². The molecule has 44 valence electrons. The van der Waals surface area contributed by atoms with Crippen LogP contribution in [0.15, 0.2) is 41.1 Å². The highest BCUT2D eigenvalue weighted by atomic mass is 14.7. The minimum absolute atomic E-state index is 0.468. The quantitative estimate of drug-likeness (QED) is 0.458. The molecule has 0 spiro atoms. The Balaban J connectivity index is 2.40. The van der Waals surface area contributed by atoms with Crippen LogP contribution in [0.2, 0.25) is 0 Å². The summed E-state index contributed by atoms with van der Waals surface area (Å²) in [5.41, 5.74) is 1.16. The summed E-state index contributed by atoms with van der Waals surface area (Å²) < 4.78 is 0. The predicted octanol–water partition coefficient (Wildman–Crippen LogP) is 1.70. The third-order valence-electron chi connectivity index (χ3n) is 1.56. The van der Waals surface area contributed by atoms with E-state index in [2.05, 4.69) is 17.1 Å². The van der Waals surface area contributed by atoms with Gasteiger partial charge in [-0.25, -0.2) is 0 Å². The van der Waals surface area contributed by atoms with Crippen molar-refractivity contribution < 1.29 is 0 Å². The van der Waals surface area contributed by atoms with E-state index >= 15 is 0 Å². The summed E-state index contributed by atoms with van der Waals surface area (Å²) in [5, 5.41) is 0. The van der Waals surface area contributed by atoms with Crippen LogP contribution in [-0.4, -0.2) is 6.21 Å². The molecule has 1 aliphatic heterocycles. The van der Waals surface area contributed by atoms with Crippen LogP contribution in [0.25, 0.3) is 0 Å². The molecule has 9 heavy (non-hydrogen) atoms. The Labute approximate surface area is 54.1 Å². The SMILES string of the molecule is C1=CC2C=CC=C2N=C1. The Hall–Kier alpha value is -1.11. The molecular formula is C8H7N. The van der Waals surface area contributed by atoms with Gasteiger partial charge < -0.3 is 0 Å². The van der Waals surface area contributed by atoms with Crippen molar-refractivity contribution in [1.82, 2.24) is 0 Å². The van der Waals surface area contributed by atoms with Crippen molar-refractivity contribution in [2.24, 2.45) is 10.9 Å². The summed E-state index contributed by atoms with van der Waals surface area (Å²) in [5.74, 6) is 0.468. The van der Waals surface area contributed by atoms with Gasteiger partial charge in [-0.15, -0.1) is 0 Å². The summed E-state index contributed by atoms with van der Waals surface area (Å²) >= 11 is 0. The number of dihydropyridines is 1. The predicted molar refractivity (Wildman–Crippen MR) is 38.3 cm³/mol. The molecule has 0 amide bonds. The number of allylic oxidation sites excluding steroid dienone is 4. The van der Waals surface area contributed by atoms with Crippen molar-refractivity contribution in [1.29, 1.82) is 0 Å². The van der Waals surface area contributed by atoms with E-state index in [1.54, 1.807) is 0 Å². The lowest BCUT2D eigenvalue weighted by Gasteiger charge is -2.05. The van der Waals surface area contributed by atoms with Gasteiger partial charge in [0, 0.05) is 12.1 Å². The van der Waals surface area contributed by atoms with Crippen LogP contribution in [0.3, 0.4) is 0 Å². The van der Waals surface area contributed by atoms with Gasteiger partial charge in [-0.1, -0.05) is 18.2 Å². The van der Waals surface area contributed by atoms with Gasteiger partial charge in [0.05, 0.1) is 5.70 Å². The van der Waals surface area contributed by atoms with Crippen molar-refractivity contribution in [3.8, 4) is 0 Å². The van der Waals surface area contributed by atoms with Gasteiger partial charge in [-0.3, -0.25) is 4.99 Å². The first-order chi connectivity index (χ1) is 4.47. The summed E-state index contributed by atoms with van der Waals surface area (Å²) in [6.07, 6.45) is 12.2. The monoisotopic (exact) mass is 117 g/mol. The summed E-state index contributed by atoms with van der Waals surface area (Å²) in [7, 11) is 0. The average molecular weight is 117 g/mol. The molecule has 1 heteroatoms. The lowest BCUT2D eigenvalue weighted by atomic mass is 10.1. The molecule has 1 atom stereocenters. The highest BCUT2D eigenvalue weighted by Crippen LogP contribution is 2.23. The van der Waals surface area contributed by atoms with Crippen molar-refractivity contribution in [3.05, 3.63) is 36.1 Å². The number of nitrogens with zero attached hydrogens (tertiary/aromatic N) is 1. The lowest BCUT2D eigenvalue weighted by molar-refractivity contribution is 0.962. The van der Waals surface area contributed by atoms with E-state index < -0.39 is 0 Å². The maximum atomic E-state index is 4.18. The van der Waals surface area contributed by atoms with E-state index in [0.717, 1.165) is 5.70 Å². The standard InChI is InChI=1S/C8H7N/c1-3-7-4-2-6-9-8(7)5-1/h1-7H. The summed E-state index contributed by atoms with van der Waals surface area (Å²) in [4.78, 5) is 4.18. The minimum Gasteiger partial charge on any atom is -0.260 e. The van der Waals surface area contributed by atoms with Crippen LogP contribution in [0, 0.1) is 5.92 Å². The molecule has 0 radical (unpaired) electrons. The molecule has 1 heterocycles. The van der Waals surface area contributed by atoms with Crippen LogP contribution in [0.5, 0.6) is 0 Å². The fourth-order valence-electron chi connectivity index (χ4n) is 1.07. The molecule has 1 unspecified atom stereocenters. The fraction of sp³-hybridized carbons (Fsp3) is 0.125. The zero-order valence-corrected chi connectivity index (χ0v) is 4.99. The Kier molecular flexibility index (Phi) is 0.890. The Morgan fingerprint density at radius 1 is 1.22 bits per heavy atom. The van der Waals surface area contributed by atoms with E-state index in [1.165, 1.54) is 0 Å². The maximum Gasteiger partial charge on any atom is 0.0510 e. The van der Waals surface area contributed by atoms with Crippen molar-refractivity contribution in [2.45, 2.75) is 0 Å². The molecule has 0 bridgehead atoms. The zero-order chi connectivity index (χ0) is 6.10. The smallest absolute Gasteiger partial charge is 0.0510 e. The first kappa shape index (κ1) is 4.74. The zero-order valence-electron chi connectivity index (χ0n) is 4.99. The number of hydrogen-bond donors (Lipinski definition) is 0. The van der Waals surface area contributed by atoms with Crippen LogP contribution in [0.4, 0.5) is 0 Å². The van der Waals surface area contributed by atoms with Gasteiger partial charge in [0.25, 0.3) is 0 Å². The maximum absolute atomic E-state index is 4.18. The molecule has 0 aromatic carbocycles. The molecule has 0 saturated heterocycles. The lowest BCUT2D eigenvalue weighted by Crippen LogP contribution is -1.95. The van der Waals surface area contributed by atoms with Crippen LogP contribution >= 0.6 is 0 Å². The molecule has 0 saturated carbocycles. The molecule has 2 aliphatic rings. The highest BCUT2D eigenvalue weighted by molar-refractivity contribution is 5.74. The molecular weight excluding hydrogens is 110 g/mol. The third-order valence-corrected chi connectivity index (χ3v) is 1.56. The van der Waals surface area contributed by atoms with Crippen molar-refractivity contribution >= 4 is 6.21 Å². The van der Waals surface area contributed by atoms with Gasteiger partial charge in [0.2, 0.25) is 0 Å². The Morgan fingerprint density at radius 3 is 3.00 bits per heavy atom. The van der Waals surface area contributed by atoms with E-state index in [9.17, 15) is 0 Å². The second-order valence-electron chi connectivity index (χ2n) is 2.17. The van der Waals surface area contributed by atoms with Crippen LogP contribution < -0.4 is 0 Å². The molecule has 1 nitrogen and oxygen atoms in total. The van der Waals surface area contributed by atoms with Gasteiger partial charge >= 0.3 is 0 Å². The topological polar surface area (TPSA) is 12.4 Å². The molecule has 0 fully saturated rings. The number of aliphatic imine (C=N–C) groups is 1. The highest BCUT2D eigenvalue weighted by Gasteiger charge is 2.10.